The Labute approximate surface area is 217 Å². The molecule has 0 radical (unpaired) electrons. The third-order valence-electron chi connectivity index (χ3n) is 5.28. The summed E-state index contributed by atoms with van der Waals surface area (Å²) in [5.74, 6) is -0.708. The van der Waals surface area contributed by atoms with Gasteiger partial charge in [0.05, 0.1) is 11.9 Å². The van der Waals surface area contributed by atoms with Crippen LogP contribution >= 0.6 is 22.6 Å². The van der Waals surface area contributed by atoms with Crippen LogP contribution in [0.15, 0.2) is 48.5 Å². The van der Waals surface area contributed by atoms with Crippen molar-refractivity contribution >= 4 is 50.1 Å². The number of amides is 2. The number of aryl methyl sites for hydroxylation is 1. The van der Waals surface area contributed by atoms with Crippen LogP contribution in [0.4, 0.5) is 5.69 Å². The number of hydrogen-bond acceptors (Lipinski definition) is 4. The van der Waals surface area contributed by atoms with Crippen LogP contribution in [0.25, 0.3) is 0 Å². The minimum Gasteiger partial charge on any atom is -0.350 e. The number of hydrogen-bond donors (Lipinski definition) is 1. The third kappa shape index (κ3) is 7.97. The quantitative estimate of drug-likeness (QED) is 0.441. The summed E-state index contributed by atoms with van der Waals surface area (Å²) in [7, 11) is -3.74. The number of rotatable bonds is 9. The number of nitrogens with zero attached hydrogens (tertiary/aromatic N) is 2. The number of sulfonamides is 1. The molecule has 0 heterocycles. The fourth-order valence-corrected chi connectivity index (χ4v) is 4.77. The molecule has 2 aromatic rings. The Hall–Kier alpha value is -2.14. The highest BCUT2D eigenvalue weighted by atomic mass is 127. The standard InChI is InChI=1S/C25H34IN3O4S/c1-7-22(24(31)27-25(3,4)5)28(16-19-11-9-8-10-18(19)2)23(30)17-29(34(6,32)33)21-14-12-20(26)13-15-21/h8-15,22H,7,16-17H2,1-6H3,(H,27,31). The Bertz CT molecular complexity index is 1110. The lowest BCUT2D eigenvalue weighted by atomic mass is 10.0. The molecule has 0 aromatic heterocycles. The second kappa shape index (κ2) is 11.5. The molecule has 7 nitrogen and oxygen atoms in total. The molecule has 2 amide bonds. The molecule has 0 aliphatic rings. The lowest BCUT2D eigenvalue weighted by Gasteiger charge is -2.34. The number of carbonyl (C=O) groups is 2. The van der Waals surface area contributed by atoms with Gasteiger partial charge < -0.3 is 10.2 Å². The highest BCUT2D eigenvalue weighted by molar-refractivity contribution is 14.1. The molecule has 0 aliphatic heterocycles. The molecular weight excluding hydrogens is 565 g/mol. The van der Waals surface area contributed by atoms with E-state index in [0.29, 0.717) is 12.1 Å². The van der Waals surface area contributed by atoms with E-state index >= 15 is 0 Å². The van der Waals surface area contributed by atoms with Crippen molar-refractivity contribution in [2.45, 2.75) is 59.2 Å². The molecular formula is C25H34IN3O4S. The van der Waals surface area contributed by atoms with Crippen LogP contribution < -0.4 is 9.62 Å². The van der Waals surface area contributed by atoms with Crippen molar-refractivity contribution in [3.63, 3.8) is 0 Å². The SMILES string of the molecule is CCC(C(=O)NC(C)(C)C)N(Cc1ccccc1C)C(=O)CN(c1ccc(I)cc1)S(C)(=O)=O. The van der Waals surface area contributed by atoms with Gasteiger partial charge in [-0.15, -0.1) is 0 Å². The van der Waals surface area contributed by atoms with E-state index in [9.17, 15) is 18.0 Å². The first-order chi connectivity index (χ1) is 15.7. The average molecular weight is 600 g/mol. The predicted molar refractivity (Wildman–Crippen MR) is 145 cm³/mol. The number of benzene rings is 2. The van der Waals surface area contributed by atoms with Crippen molar-refractivity contribution in [1.29, 1.82) is 0 Å². The fraction of sp³-hybridized carbons (Fsp3) is 0.440. The topological polar surface area (TPSA) is 86.8 Å². The van der Waals surface area contributed by atoms with Crippen molar-refractivity contribution in [2.24, 2.45) is 0 Å². The molecule has 0 saturated heterocycles. The first-order valence-electron chi connectivity index (χ1n) is 11.1. The molecule has 1 N–H and O–H groups in total. The molecule has 0 bridgehead atoms. The first-order valence-corrected chi connectivity index (χ1v) is 14.0. The number of carbonyl (C=O) groups excluding carboxylic acids is 2. The summed E-state index contributed by atoms with van der Waals surface area (Å²) in [6.45, 7) is 9.24. The van der Waals surface area contributed by atoms with Gasteiger partial charge in [-0.05, 0) is 92.1 Å². The van der Waals surface area contributed by atoms with Crippen molar-refractivity contribution in [1.82, 2.24) is 10.2 Å². The van der Waals surface area contributed by atoms with Crippen LogP contribution in [0.5, 0.6) is 0 Å². The zero-order valence-corrected chi connectivity index (χ0v) is 23.6. The van der Waals surface area contributed by atoms with Crippen molar-refractivity contribution in [3.8, 4) is 0 Å². The number of nitrogens with one attached hydrogen (secondary N) is 1. The highest BCUT2D eigenvalue weighted by Gasteiger charge is 2.33. The molecule has 0 saturated carbocycles. The van der Waals surface area contributed by atoms with Crippen LogP contribution in [-0.2, 0) is 26.2 Å². The zero-order chi connectivity index (χ0) is 25.7. The molecule has 1 atom stereocenters. The summed E-state index contributed by atoms with van der Waals surface area (Å²) < 4.78 is 27.3. The van der Waals surface area contributed by atoms with Crippen LogP contribution in [0.3, 0.4) is 0 Å². The van der Waals surface area contributed by atoms with Gasteiger partial charge in [0.25, 0.3) is 0 Å². The summed E-state index contributed by atoms with van der Waals surface area (Å²) in [5.41, 5.74) is 1.82. The largest absolute Gasteiger partial charge is 0.350 e. The summed E-state index contributed by atoms with van der Waals surface area (Å²) in [6, 6.07) is 13.8. The van der Waals surface area contributed by atoms with Gasteiger partial charge >= 0.3 is 0 Å². The van der Waals surface area contributed by atoms with E-state index in [-0.39, 0.29) is 12.5 Å². The predicted octanol–water partition coefficient (Wildman–Crippen LogP) is 4.09. The maximum absolute atomic E-state index is 13.7. The van der Waals surface area contributed by atoms with E-state index < -0.39 is 34.1 Å². The number of halogens is 1. The Balaban J connectivity index is 2.46. The Morgan fingerprint density at radius 1 is 1.06 bits per heavy atom. The van der Waals surface area contributed by atoms with Gasteiger partial charge in [0.1, 0.15) is 12.6 Å². The van der Waals surface area contributed by atoms with Crippen molar-refractivity contribution in [3.05, 3.63) is 63.2 Å². The third-order valence-corrected chi connectivity index (χ3v) is 7.14. The van der Waals surface area contributed by atoms with E-state index in [2.05, 4.69) is 27.9 Å². The van der Waals surface area contributed by atoms with E-state index in [1.54, 1.807) is 24.3 Å². The second-order valence-electron chi connectivity index (χ2n) is 9.36. The van der Waals surface area contributed by atoms with E-state index in [4.69, 9.17) is 0 Å². The number of anilines is 1. The summed E-state index contributed by atoms with van der Waals surface area (Å²) in [5, 5.41) is 2.96. The zero-order valence-electron chi connectivity index (χ0n) is 20.6. The van der Waals surface area contributed by atoms with Crippen LogP contribution in [-0.4, -0.2) is 49.5 Å². The lowest BCUT2D eigenvalue weighted by Crippen LogP contribution is -2.55. The van der Waals surface area contributed by atoms with Gasteiger partial charge in [-0.3, -0.25) is 13.9 Å². The Morgan fingerprint density at radius 2 is 1.65 bits per heavy atom. The van der Waals surface area contributed by atoms with Crippen molar-refractivity contribution in [2.75, 3.05) is 17.1 Å². The van der Waals surface area contributed by atoms with Crippen LogP contribution in [0, 0.1) is 10.5 Å². The van der Waals surface area contributed by atoms with Gasteiger partial charge in [-0.2, -0.15) is 0 Å². The fourth-order valence-electron chi connectivity index (χ4n) is 3.56. The van der Waals surface area contributed by atoms with Crippen molar-refractivity contribution < 1.29 is 18.0 Å². The van der Waals surface area contributed by atoms with Gasteiger partial charge in [0.15, 0.2) is 0 Å². The first kappa shape index (κ1) is 28.1. The maximum Gasteiger partial charge on any atom is 0.244 e. The molecule has 2 aromatic carbocycles. The molecule has 1 unspecified atom stereocenters. The van der Waals surface area contributed by atoms with E-state index in [0.717, 1.165) is 25.3 Å². The van der Waals surface area contributed by atoms with Crippen LogP contribution in [0.1, 0.15) is 45.2 Å². The normalized spacial score (nSPS) is 12.7. The molecule has 34 heavy (non-hydrogen) atoms. The summed E-state index contributed by atoms with van der Waals surface area (Å²) in [4.78, 5) is 28.3. The van der Waals surface area contributed by atoms with Gasteiger partial charge in [-0.1, -0.05) is 31.2 Å². The van der Waals surface area contributed by atoms with E-state index in [1.807, 2.05) is 58.9 Å². The minimum absolute atomic E-state index is 0.200. The molecule has 0 aliphatic carbocycles. The van der Waals surface area contributed by atoms with E-state index in [1.165, 1.54) is 4.90 Å². The molecule has 2 rings (SSSR count). The molecule has 186 valence electrons. The van der Waals surface area contributed by atoms with Crippen LogP contribution in [0.2, 0.25) is 0 Å². The molecule has 0 fully saturated rings. The van der Waals surface area contributed by atoms with Gasteiger partial charge in [0, 0.05) is 15.7 Å². The minimum atomic E-state index is -3.74. The Morgan fingerprint density at radius 3 is 2.15 bits per heavy atom. The highest BCUT2D eigenvalue weighted by Crippen LogP contribution is 2.21. The maximum atomic E-state index is 13.7. The second-order valence-corrected chi connectivity index (χ2v) is 12.5. The van der Waals surface area contributed by atoms with Gasteiger partial charge in [-0.25, -0.2) is 8.42 Å². The van der Waals surface area contributed by atoms with Gasteiger partial charge in [0.2, 0.25) is 21.8 Å². The Kier molecular flexibility index (Phi) is 9.53. The average Bonchev–Trinajstić information content (AvgIpc) is 2.71. The summed E-state index contributed by atoms with van der Waals surface area (Å²) in [6.07, 6.45) is 1.47. The monoisotopic (exact) mass is 599 g/mol. The molecule has 9 heteroatoms. The lowest BCUT2D eigenvalue weighted by molar-refractivity contribution is -0.141. The summed E-state index contributed by atoms with van der Waals surface area (Å²) >= 11 is 2.14. The smallest absolute Gasteiger partial charge is 0.244 e. The molecule has 0 spiro atoms.